The smallest absolute Gasteiger partial charge is 0.282 e. The lowest BCUT2D eigenvalue weighted by molar-refractivity contribution is 0.394. The van der Waals surface area contributed by atoms with Gasteiger partial charge in [-0.1, -0.05) is 18.2 Å². The molecule has 0 spiro atoms. The summed E-state index contributed by atoms with van der Waals surface area (Å²) in [6.45, 7) is 0. The molecule has 8 nitrogen and oxygen atoms in total. The molecule has 2 aromatic heterocycles. The van der Waals surface area contributed by atoms with Crippen molar-refractivity contribution in [2.45, 2.75) is 0 Å². The van der Waals surface area contributed by atoms with Gasteiger partial charge in [0.1, 0.15) is 22.8 Å². The van der Waals surface area contributed by atoms with Crippen LogP contribution in [0.5, 0.6) is 17.2 Å². The number of hydrogen-bond donors (Lipinski definition) is 0. The number of hydrogen-bond acceptors (Lipinski definition) is 7. The van der Waals surface area contributed by atoms with Gasteiger partial charge in [-0.3, -0.25) is 4.79 Å². The highest BCUT2D eigenvalue weighted by molar-refractivity contribution is 5.89. The van der Waals surface area contributed by atoms with Gasteiger partial charge in [0.2, 0.25) is 5.82 Å². The summed E-state index contributed by atoms with van der Waals surface area (Å²) < 4.78 is 23.4. The summed E-state index contributed by atoms with van der Waals surface area (Å²) in [5, 5.41) is 5.70. The van der Waals surface area contributed by atoms with Crippen LogP contribution < -0.4 is 19.8 Å². The number of furan rings is 1. The van der Waals surface area contributed by atoms with Crippen molar-refractivity contribution < 1.29 is 18.6 Å². The van der Waals surface area contributed by atoms with Crippen LogP contribution in [-0.2, 0) is 0 Å². The molecule has 0 saturated heterocycles. The summed E-state index contributed by atoms with van der Waals surface area (Å²) in [5.41, 5.74) is 1.50. The predicted molar refractivity (Wildman–Crippen MR) is 130 cm³/mol. The molecule has 3 aromatic carbocycles. The quantitative estimate of drug-likeness (QED) is 0.344. The van der Waals surface area contributed by atoms with E-state index in [-0.39, 0.29) is 11.4 Å². The van der Waals surface area contributed by atoms with Crippen LogP contribution in [0.2, 0.25) is 0 Å². The van der Waals surface area contributed by atoms with Crippen molar-refractivity contribution in [3.8, 4) is 28.8 Å². The van der Waals surface area contributed by atoms with Crippen molar-refractivity contribution in [3.63, 3.8) is 0 Å². The topological polar surface area (TPSA) is 88.1 Å². The Morgan fingerprint density at radius 3 is 2.50 bits per heavy atom. The van der Waals surface area contributed by atoms with E-state index in [2.05, 4.69) is 5.10 Å². The van der Waals surface area contributed by atoms with Crippen molar-refractivity contribution in [1.82, 2.24) is 9.66 Å². The van der Waals surface area contributed by atoms with Crippen molar-refractivity contribution in [2.75, 3.05) is 21.3 Å². The largest absolute Gasteiger partial charge is 0.497 e. The monoisotopic (exact) mass is 455 g/mol. The van der Waals surface area contributed by atoms with E-state index in [4.69, 9.17) is 23.6 Å². The fourth-order valence-corrected chi connectivity index (χ4v) is 3.76. The number of benzene rings is 3. The summed E-state index contributed by atoms with van der Waals surface area (Å²) in [7, 11) is 4.73. The number of para-hydroxylation sites is 1. The van der Waals surface area contributed by atoms with Crippen LogP contribution in [0.3, 0.4) is 0 Å². The molecule has 0 amide bonds. The Hall–Kier alpha value is -4.59. The van der Waals surface area contributed by atoms with E-state index < -0.39 is 0 Å². The van der Waals surface area contributed by atoms with Gasteiger partial charge in [-0.2, -0.15) is 9.78 Å². The zero-order valence-corrected chi connectivity index (χ0v) is 18.8. The van der Waals surface area contributed by atoms with Gasteiger partial charge in [-0.15, -0.1) is 0 Å². The molecule has 2 heterocycles. The first-order valence-corrected chi connectivity index (χ1v) is 10.5. The zero-order valence-electron chi connectivity index (χ0n) is 18.8. The van der Waals surface area contributed by atoms with E-state index in [9.17, 15) is 4.79 Å². The minimum Gasteiger partial charge on any atom is -0.497 e. The lowest BCUT2D eigenvalue weighted by Gasteiger charge is -2.09. The normalized spacial score (nSPS) is 11.4. The highest BCUT2D eigenvalue weighted by Crippen LogP contribution is 2.33. The summed E-state index contributed by atoms with van der Waals surface area (Å²) >= 11 is 0. The SMILES string of the molecule is COc1ccc(C=Nn2c(-c3cc4c(OC)cccc4o3)nc3ccccc3c2=O)c(OC)c1. The van der Waals surface area contributed by atoms with Crippen LogP contribution in [0.4, 0.5) is 0 Å². The molecule has 0 bridgehead atoms. The van der Waals surface area contributed by atoms with Crippen LogP contribution >= 0.6 is 0 Å². The molecule has 0 fully saturated rings. The Kier molecular flexibility index (Phi) is 5.47. The third-order valence-electron chi connectivity index (χ3n) is 5.47. The molecule has 5 aromatic rings. The second-order valence-corrected chi connectivity index (χ2v) is 7.40. The van der Waals surface area contributed by atoms with Gasteiger partial charge in [-0.05, 0) is 42.5 Å². The van der Waals surface area contributed by atoms with Gasteiger partial charge in [-0.25, -0.2) is 4.98 Å². The third-order valence-corrected chi connectivity index (χ3v) is 5.47. The highest BCUT2D eigenvalue weighted by atomic mass is 16.5. The maximum absolute atomic E-state index is 13.4. The minimum absolute atomic E-state index is 0.269. The lowest BCUT2D eigenvalue weighted by atomic mass is 10.2. The molecule has 0 N–H and O–H groups in total. The first kappa shape index (κ1) is 21.3. The summed E-state index contributed by atoms with van der Waals surface area (Å²) in [6, 6.07) is 19.8. The maximum Gasteiger partial charge on any atom is 0.282 e. The van der Waals surface area contributed by atoms with E-state index in [0.29, 0.717) is 45.1 Å². The molecule has 170 valence electrons. The summed E-state index contributed by atoms with van der Waals surface area (Å²) in [6.07, 6.45) is 1.54. The fraction of sp³-hybridized carbons (Fsp3) is 0.115. The highest BCUT2D eigenvalue weighted by Gasteiger charge is 2.18. The molecule has 34 heavy (non-hydrogen) atoms. The molecular weight excluding hydrogens is 434 g/mol. The Morgan fingerprint density at radius 1 is 0.882 bits per heavy atom. The van der Waals surface area contributed by atoms with E-state index in [1.165, 1.54) is 4.68 Å². The van der Waals surface area contributed by atoms with Crippen LogP contribution in [0.1, 0.15) is 5.56 Å². The van der Waals surface area contributed by atoms with E-state index in [1.807, 2.05) is 24.3 Å². The molecule has 0 saturated carbocycles. The number of aromatic nitrogens is 2. The molecule has 0 aliphatic heterocycles. The second-order valence-electron chi connectivity index (χ2n) is 7.40. The molecule has 0 atom stereocenters. The fourth-order valence-electron chi connectivity index (χ4n) is 3.76. The lowest BCUT2D eigenvalue weighted by Crippen LogP contribution is -2.20. The standard InChI is InChI=1S/C26H21N3O5/c1-31-17-12-11-16(23(13-17)33-3)15-27-29-25(28-20-8-5-4-7-18(20)26(29)30)24-14-19-21(32-2)9-6-10-22(19)34-24/h4-15H,1-3H3. The molecule has 0 radical (unpaired) electrons. The van der Waals surface area contributed by atoms with Crippen molar-refractivity contribution in [2.24, 2.45) is 5.10 Å². The first-order valence-electron chi connectivity index (χ1n) is 10.5. The number of fused-ring (bicyclic) bond motifs is 2. The van der Waals surface area contributed by atoms with Crippen molar-refractivity contribution >= 4 is 28.1 Å². The van der Waals surface area contributed by atoms with Crippen LogP contribution in [0.25, 0.3) is 33.5 Å². The average Bonchev–Trinajstić information content (AvgIpc) is 3.32. The van der Waals surface area contributed by atoms with Crippen molar-refractivity contribution in [1.29, 1.82) is 0 Å². The Labute approximate surface area is 194 Å². The maximum atomic E-state index is 13.4. The summed E-state index contributed by atoms with van der Waals surface area (Å²) in [4.78, 5) is 18.1. The van der Waals surface area contributed by atoms with Gasteiger partial charge in [0.25, 0.3) is 5.56 Å². The molecule has 8 heteroatoms. The molecule has 5 rings (SSSR count). The Balaban J connectivity index is 1.72. The van der Waals surface area contributed by atoms with Crippen LogP contribution in [0, 0.1) is 0 Å². The minimum atomic E-state index is -0.322. The zero-order chi connectivity index (χ0) is 23.7. The summed E-state index contributed by atoms with van der Waals surface area (Å²) in [5.74, 6) is 2.52. The third kappa shape index (κ3) is 3.65. The van der Waals surface area contributed by atoms with E-state index in [1.54, 1.807) is 70.0 Å². The molecule has 0 aliphatic carbocycles. The second kappa shape index (κ2) is 8.74. The van der Waals surface area contributed by atoms with E-state index >= 15 is 0 Å². The average molecular weight is 455 g/mol. The number of methoxy groups -OCH3 is 3. The number of nitrogens with zero attached hydrogens (tertiary/aromatic N) is 3. The first-order chi connectivity index (χ1) is 16.6. The number of rotatable bonds is 6. The molecule has 0 unspecified atom stereocenters. The van der Waals surface area contributed by atoms with E-state index in [0.717, 1.165) is 5.39 Å². The van der Waals surface area contributed by atoms with Gasteiger partial charge in [0, 0.05) is 11.6 Å². The Bertz CT molecular complexity index is 1600. The number of ether oxygens (including phenoxy) is 3. The van der Waals surface area contributed by atoms with Crippen LogP contribution in [0.15, 0.2) is 81.0 Å². The Morgan fingerprint density at radius 2 is 1.71 bits per heavy atom. The predicted octanol–water partition coefficient (Wildman–Crippen LogP) is 4.72. The van der Waals surface area contributed by atoms with Crippen molar-refractivity contribution in [3.05, 3.63) is 82.6 Å². The molecular formula is C26H21N3O5. The molecule has 0 aliphatic rings. The van der Waals surface area contributed by atoms with Gasteiger partial charge >= 0.3 is 0 Å². The van der Waals surface area contributed by atoms with Crippen LogP contribution in [-0.4, -0.2) is 37.2 Å². The van der Waals surface area contributed by atoms with Gasteiger partial charge < -0.3 is 18.6 Å². The van der Waals surface area contributed by atoms with Gasteiger partial charge in [0.05, 0.1) is 43.8 Å². The van der Waals surface area contributed by atoms with Gasteiger partial charge in [0.15, 0.2) is 5.76 Å².